The molecule has 1 saturated carbocycles. The second-order valence-electron chi connectivity index (χ2n) is 8.23. The van der Waals surface area contributed by atoms with E-state index in [1.54, 1.807) is 30.5 Å². The second-order valence-corrected chi connectivity index (χ2v) is 10.2. The van der Waals surface area contributed by atoms with Crippen LogP contribution in [0.1, 0.15) is 18.4 Å². The molecule has 2 aromatic carbocycles. The van der Waals surface area contributed by atoms with Gasteiger partial charge >= 0.3 is 11.5 Å². The number of aromatic nitrogens is 1. The van der Waals surface area contributed by atoms with Crippen molar-refractivity contribution in [2.75, 3.05) is 10.6 Å². The number of anilines is 2. The first-order valence-corrected chi connectivity index (χ1v) is 11.6. The summed E-state index contributed by atoms with van der Waals surface area (Å²) < 4.78 is 61.7. The highest BCUT2D eigenvalue weighted by Gasteiger charge is 2.65. The molecule has 0 atom stereocenters. The third-order valence-electron chi connectivity index (χ3n) is 6.16. The summed E-state index contributed by atoms with van der Waals surface area (Å²) in [5.41, 5.74) is 1.32. The Morgan fingerprint density at radius 3 is 2.32 bits per heavy atom. The molecule has 1 aliphatic carbocycles. The van der Waals surface area contributed by atoms with E-state index in [4.69, 9.17) is 5.73 Å². The summed E-state index contributed by atoms with van der Waals surface area (Å²) in [6.07, 6.45) is 2.48. The zero-order chi connectivity index (χ0) is 24.5. The van der Waals surface area contributed by atoms with Crippen molar-refractivity contribution >= 4 is 44.1 Å². The van der Waals surface area contributed by atoms with Crippen LogP contribution in [0.25, 0.3) is 10.9 Å². The van der Waals surface area contributed by atoms with Gasteiger partial charge in [-0.05, 0) is 66.9 Å². The molecule has 1 saturated heterocycles. The van der Waals surface area contributed by atoms with Gasteiger partial charge in [-0.2, -0.15) is 13.2 Å². The van der Waals surface area contributed by atoms with Gasteiger partial charge in [-0.1, -0.05) is 0 Å². The lowest BCUT2D eigenvalue weighted by molar-refractivity contribution is -0.120. The van der Waals surface area contributed by atoms with Gasteiger partial charge in [-0.25, -0.2) is 18.1 Å². The third-order valence-corrected chi connectivity index (χ3v) is 7.66. The molecule has 3 aromatic rings. The number of nitrogens with zero attached hydrogens (tertiary/aromatic N) is 3. The highest BCUT2D eigenvalue weighted by atomic mass is 32.2. The van der Waals surface area contributed by atoms with Crippen molar-refractivity contribution in [1.29, 1.82) is 0 Å². The zero-order valence-electron chi connectivity index (χ0n) is 17.4. The number of carbonyl (C=O) groups excluding carboxylic acids is 2. The summed E-state index contributed by atoms with van der Waals surface area (Å²) in [4.78, 5) is 32.1. The molecule has 8 nitrogen and oxygen atoms in total. The van der Waals surface area contributed by atoms with E-state index in [1.807, 2.05) is 0 Å². The lowest BCUT2D eigenvalue weighted by atomic mass is 10.1. The Morgan fingerprint density at radius 1 is 1.03 bits per heavy atom. The molecule has 2 fully saturated rings. The van der Waals surface area contributed by atoms with Crippen LogP contribution in [0.3, 0.4) is 0 Å². The van der Waals surface area contributed by atoms with Gasteiger partial charge in [-0.15, -0.1) is 0 Å². The van der Waals surface area contributed by atoms with Gasteiger partial charge in [0.25, 0.3) is 15.7 Å². The molecule has 34 heavy (non-hydrogen) atoms. The van der Waals surface area contributed by atoms with Crippen LogP contribution in [0.4, 0.5) is 29.3 Å². The van der Waals surface area contributed by atoms with Crippen LogP contribution in [0.2, 0.25) is 0 Å². The molecule has 0 radical (unpaired) electrons. The molecule has 176 valence electrons. The minimum atomic E-state index is -5.54. The molecule has 1 spiro atoms. The molecule has 0 bridgehead atoms. The van der Waals surface area contributed by atoms with E-state index in [9.17, 15) is 31.2 Å². The maximum atomic E-state index is 13.3. The average molecular weight is 490 g/mol. The van der Waals surface area contributed by atoms with E-state index in [-0.39, 0.29) is 12.2 Å². The number of urea groups is 1. The number of carbonyl (C=O) groups is 2. The van der Waals surface area contributed by atoms with Crippen LogP contribution in [0.15, 0.2) is 59.6 Å². The normalized spacial score (nSPS) is 17.7. The van der Waals surface area contributed by atoms with E-state index in [2.05, 4.69) is 4.98 Å². The Bertz CT molecular complexity index is 1450. The lowest BCUT2D eigenvalue weighted by Gasteiger charge is -2.22. The van der Waals surface area contributed by atoms with Crippen molar-refractivity contribution in [2.45, 2.75) is 35.3 Å². The average Bonchev–Trinajstić information content (AvgIpc) is 3.55. The van der Waals surface area contributed by atoms with Gasteiger partial charge in [0, 0.05) is 23.8 Å². The Balaban J connectivity index is 1.48. The molecule has 2 N–H and O–H groups in total. The highest BCUT2D eigenvalue weighted by molar-refractivity contribution is 7.92. The molecule has 5 rings (SSSR count). The van der Waals surface area contributed by atoms with Crippen LogP contribution >= 0.6 is 0 Å². The number of hydrogen-bond donors (Lipinski definition) is 1. The SMILES string of the molecule is Nc1ccc2nccc(CN3C(=O)N(c4ccc(S(=O)(=O)C(F)(F)F)cc4)C(=O)C34CC4)c2c1. The number of sulfone groups is 1. The summed E-state index contributed by atoms with van der Waals surface area (Å²) in [5.74, 6) is -0.498. The summed E-state index contributed by atoms with van der Waals surface area (Å²) in [7, 11) is -5.54. The fourth-order valence-electron chi connectivity index (χ4n) is 4.20. The van der Waals surface area contributed by atoms with E-state index in [0.29, 0.717) is 24.0 Å². The molecular formula is C22H17F3N4O4S. The molecule has 12 heteroatoms. The summed E-state index contributed by atoms with van der Waals surface area (Å²) >= 11 is 0. The van der Waals surface area contributed by atoms with Crippen molar-refractivity contribution < 1.29 is 31.2 Å². The quantitative estimate of drug-likeness (QED) is 0.442. The first kappa shape index (κ1) is 22.1. The Morgan fingerprint density at radius 2 is 1.71 bits per heavy atom. The molecule has 2 aliphatic rings. The van der Waals surface area contributed by atoms with Crippen molar-refractivity contribution in [2.24, 2.45) is 0 Å². The fraction of sp³-hybridized carbons (Fsp3) is 0.227. The van der Waals surface area contributed by atoms with Crippen LogP contribution in [-0.2, 0) is 21.2 Å². The Labute approximate surface area is 191 Å². The number of halogens is 3. The smallest absolute Gasteiger partial charge is 0.399 e. The highest BCUT2D eigenvalue weighted by Crippen LogP contribution is 2.50. The second kappa shape index (κ2) is 7.16. The fourth-order valence-corrected chi connectivity index (χ4v) is 4.96. The monoisotopic (exact) mass is 490 g/mol. The number of nitrogen functional groups attached to an aromatic ring is 1. The zero-order valence-corrected chi connectivity index (χ0v) is 18.2. The maximum absolute atomic E-state index is 13.3. The number of amides is 3. The van der Waals surface area contributed by atoms with E-state index in [0.717, 1.165) is 40.1 Å². The van der Waals surface area contributed by atoms with Crippen LogP contribution in [0.5, 0.6) is 0 Å². The molecule has 3 amide bonds. The number of pyridine rings is 1. The topological polar surface area (TPSA) is 114 Å². The number of hydrogen-bond acceptors (Lipinski definition) is 6. The standard InChI is InChI=1S/C22H17F3N4O4S/c23-22(24,25)34(32,33)16-4-2-15(3-5-16)29-19(30)21(8-9-21)28(20(29)31)12-13-7-10-27-18-6-1-14(26)11-17(13)18/h1-7,10-11H,8-9,12,26H2. The van der Waals surface area contributed by atoms with Crippen molar-refractivity contribution in [3.05, 3.63) is 60.3 Å². The summed E-state index contributed by atoms with van der Waals surface area (Å²) in [5, 5.41) is 0.735. The van der Waals surface area contributed by atoms with Crippen LogP contribution < -0.4 is 10.6 Å². The van der Waals surface area contributed by atoms with E-state index in [1.165, 1.54) is 4.90 Å². The van der Waals surface area contributed by atoms with Crippen molar-refractivity contribution in [3.8, 4) is 0 Å². The molecular weight excluding hydrogens is 473 g/mol. The first-order chi connectivity index (χ1) is 16.0. The lowest BCUT2D eigenvalue weighted by Crippen LogP contribution is -2.36. The number of benzene rings is 2. The Kier molecular flexibility index (Phi) is 4.66. The molecule has 1 aliphatic heterocycles. The van der Waals surface area contributed by atoms with Crippen LogP contribution in [-0.4, -0.2) is 41.3 Å². The largest absolute Gasteiger partial charge is 0.501 e. The predicted molar refractivity (Wildman–Crippen MR) is 116 cm³/mol. The number of nitrogens with two attached hydrogens (primary N) is 1. The minimum absolute atomic E-state index is 0.00581. The molecule has 0 unspecified atom stereocenters. The number of rotatable bonds is 4. The van der Waals surface area contributed by atoms with Gasteiger partial charge < -0.3 is 10.6 Å². The minimum Gasteiger partial charge on any atom is -0.399 e. The summed E-state index contributed by atoms with van der Waals surface area (Å²) in [6.45, 7) is 0.101. The van der Waals surface area contributed by atoms with Gasteiger partial charge in [0.15, 0.2) is 0 Å². The van der Waals surface area contributed by atoms with Gasteiger partial charge in [0.05, 0.1) is 16.1 Å². The van der Waals surface area contributed by atoms with Gasteiger partial charge in [-0.3, -0.25) is 9.78 Å². The van der Waals surface area contributed by atoms with Gasteiger partial charge in [0.2, 0.25) is 0 Å². The van der Waals surface area contributed by atoms with Gasteiger partial charge in [0.1, 0.15) is 5.54 Å². The summed E-state index contributed by atoms with van der Waals surface area (Å²) in [6, 6.07) is 9.80. The predicted octanol–water partition coefficient (Wildman–Crippen LogP) is 3.61. The first-order valence-electron chi connectivity index (χ1n) is 10.2. The van der Waals surface area contributed by atoms with Crippen LogP contribution in [0, 0.1) is 0 Å². The Hall–Kier alpha value is -3.67. The van der Waals surface area contributed by atoms with Crippen molar-refractivity contribution in [3.63, 3.8) is 0 Å². The number of fused-ring (bicyclic) bond motifs is 1. The van der Waals surface area contributed by atoms with Crippen molar-refractivity contribution in [1.82, 2.24) is 9.88 Å². The number of alkyl halides is 3. The van der Waals surface area contributed by atoms with E-state index >= 15 is 0 Å². The maximum Gasteiger partial charge on any atom is 0.501 e. The van der Waals surface area contributed by atoms with E-state index < -0.39 is 37.7 Å². The third kappa shape index (κ3) is 3.20. The molecule has 1 aromatic heterocycles. The number of imide groups is 1. The molecule has 2 heterocycles.